The number of esters is 1. The van der Waals surface area contributed by atoms with Gasteiger partial charge in [-0.1, -0.05) is 76.2 Å². The highest BCUT2D eigenvalue weighted by Crippen LogP contribution is 2.29. The Morgan fingerprint density at radius 3 is 1.94 bits per heavy atom. The second kappa shape index (κ2) is 11.7. The van der Waals surface area contributed by atoms with Crippen LogP contribution in [0.5, 0.6) is 5.75 Å². The van der Waals surface area contributed by atoms with Gasteiger partial charge in [0.2, 0.25) is 0 Å². The fourth-order valence-corrected chi connectivity index (χ4v) is 3.77. The molecule has 3 aromatic rings. The van der Waals surface area contributed by atoms with Crippen LogP contribution in [0.3, 0.4) is 0 Å². The molecule has 3 rings (SSSR count). The van der Waals surface area contributed by atoms with Crippen LogP contribution in [0.4, 0.5) is 0 Å². The third-order valence-corrected chi connectivity index (χ3v) is 5.97. The molecule has 0 spiro atoms. The summed E-state index contributed by atoms with van der Waals surface area (Å²) < 4.78 is 10.8. The molecule has 184 valence electrons. The SMILES string of the molecule is CCC(Oc1ccc(-c2ccc(C(C)(C)C)cc2)cc1)c1ccc(C(=O)NCCC(=O)OC)cc1. The Balaban J connectivity index is 1.62. The molecule has 0 aliphatic heterocycles. The molecule has 0 radical (unpaired) electrons. The summed E-state index contributed by atoms with van der Waals surface area (Å²) in [5, 5.41) is 2.72. The monoisotopic (exact) mass is 473 g/mol. The number of carbonyl (C=O) groups excluding carboxylic acids is 2. The van der Waals surface area contributed by atoms with E-state index in [0.29, 0.717) is 5.56 Å². The Morgan fingerprint density at radius 2 is 1.43 bits per heavy atom. The van der Waals surface area contributed by atoms with Crippen molar-refractivity contribution in [3.8, 4) is 16.9 Å². The summed E-state index contributed by atoms with van der Waals surface area (Å²) in [6.45, 7) is 8.96. The summed E-state index contributed by atoms with van der Waals surface area (Å²) in [5.41, 5.74) is 5.32. The minimum atomic E-state index is -0.352. The van der Waals surface area contributed by atoms with Crippen molar-refractivity contribution in [1.29, 1.82) is 0 Å². The molecule has 0 aromatic heterocycles. The maximum atomic E-state index is 12.3. The standard InChI is InChI=1S/C30H35NO4/c1-6-27(23-7-9-24(10-8-23)29(33)31-20-19-28(32)34-5)35-26-17-13-22(14-18-26)21-11-15-25(16-12-21)30(2,3)4/h7-18,27H,6,19-20H2,1-5H3,(H,31,33). The Morgan fingerprint density at radius 1 is 0.857 bits per heavy atom. The molecule has 35 heavy (non-hydrogen) atoms. The van der Waals surface area contributed by atoms with E-state index in [1.165, 1.54) is 18.2 Å². The van der Waals surface area contributed by atoms with Gasteiger partial charge in [0, 0.05) is 12.1 Å². The van der Waals surface area contributed by atoms with Crippen molar-refractivity contribution in [3.63, 3.8) is 0 Å². The van der Waals surface area contributed by atoms with Gasteiger partial charge in [0.25, 0.3) is 5.91 Å². The minimum Gasteiger partial charge on any atom is -0.486 e. The van der Waals surface area contributed by atoms with Crippen molar-refractivity contribution in [2.45, 2.75) is 52.1 Å². The lowest BCUT2D eigenvalue weighted by atomic mass is 9.86. The van der Waals surface area contributed by atoms with E-state index in [2.05, 4.69) is 74.1 Å². The van der Waals surface area contributed by atoms with E-state index in [0.717, 1.165) is 23.3 Å². The second-order valence-corrected chi connectivity index (χ2v) is 9.57. The largest absolute Gasteiger partial charge is 0.486 e. The number of hydrogen-bond acceptors (Lipinski definition) is 4. The molecular formula is C30H35NO4. The topological polar surface area (TPSA) is 64.6 Å². The van der Waals surface area contributed by atoms with Crippen molar-refractivity contribution in [2.75, 3.05) is 13.7 Å². The second-order valence-electron chi connectivity index (χ2n) is 9.57. The van der Waals surface area contributed by atoms with E-state index >= 15 is 0 Å². The van der Waals surface area contributed by atoms with E-state index in [9.17, 15) is 9.59 Å². The lowest BCUT2D eigenvalue weighted by Gasteiger charge is -2.20. The molecule has 5 nitrogen and oxygen atoms in total. The first kappa shape index (κ1) is 26.0. The van der Waals surface area contributed by atoms with Crippen LogP contribution in [-0.2, 0) is 14.9 Å². The van der Waals surface area contributed by atoms with Crippen LogP contribution in [0.15, 0.2) is 72.8 Å². The van der Waals surface area contributed by atoms with Crippen LogP contribution in [0, 0.1) is 0 Å². The smallest absolute Gasteiger partial charge is 0.307 e. The Hall–Kier alpha value is -3.60. The first-order valence-electron chi connectivity index (χ1n) is 12.0. The molecule has 1 unspecified atom stereocenters. The molecule has 1 N–H and O–H groups in total. The number of rotatable bonds is 9. The number of ether oxygens (including phenoxy) is 2. The molecule has 0 aliphatic carbocycles. The van der Waals surface area contributed by atoms with Gasteiger partial charge < -0.3 is 14.8 Å². The Kier molecular flexibility index (Phi) is 8.69. The van der Waals surface area contributed by atoms with Crippen molar-refractivity contribution in [2.24, 2.45) is 0 Å². The first-order valence-corrected chi connectivity index (χ1v) is 12.0. The highest BCUT2D eigenvalue weighted by Gasteiger charge is 2.15. The average Bonchev–Trinajstić information content (AvgIpc) is 2.87. The van der Waals surface area contributed by atoms with Gasteiger partial charge in [0.1, 0.15) is 11.9 Å². The molecule has 5 heteroatoms. The number of methoxy groups -OCH3 is 1. The van der Waals surface area contributed by atoms with Gasteiger partial charge in [-0.25, -0.2) is 0 Å². The maximum Gasteiger partial charge on any atom is 0.307 e. The number of benzene rings is 3. The van der Waals surface area contributed by atoms with Gasteiger partial charge in [-0.05, 0) is 58.4 Å². The maximum absolute atomic E-state index is 12.3. The molecule has 0 heterocycles. The lowest BCUT2D eigenvalue weighted by Crippen LogP contribution is -2.26. The fourth-order valence-electron chi connectivity index (χ4n) is 3.77. The Bertz CT molecular complexity index is 1110. The van der Waals surface area contributed by atoms with Crippen LogP contribution in [-0.4, -0.2) is 25.5 Å². The fraction of sp³-hybridized carbons (Fsp3) is 0.333. The average molecular weight is 474 g/mol. The summed E-state index contributed by atoms with van der Waals surface area (Å²) in [6.07, 6.45) is 0.816. The highest BCUT2D eigenvalue weighted by atomic mass is 16.5. The van der Waals surface area contributed by atoms with Gasteiger partial charge in [0.05, 0.1) is 13.5 Å². The van der Waals surface area contributed by atoms with Gasteiger partial charge >= 0.3 is 5.97 Å². The van der Waals surface area contributed by atoms with Crippen LogP contribution in [0.2, 0.25) is 0 Å². The van der Waals surface area contributed by atoms with E-state index in [1.807, 2.05) is 24.3 Å². The van der Waals surface area contributed by atoms with Crippen LogP contribution >= 0.6 is 0 Å². The number of hydrogen-bond donors (Lipinski definition) is 1. The minimum absolute atomic E-state index is 0.122. The summed E-state index contributed by atoms with van der Waals surface area (Å²) in [5.74, 6) is 0.229. The zero-order valence-electron chi connectivity index (χ0n) is 21.3. The van der Waals surface area contributed by atoms with Crippen molar-refractivity contribution >= 4 is 11.9 Å². The van der Waals surface area contributed by atoms with E-state index in [4.69, 9.17) is 4.74 Å². The van der Waals surface area contributed by atoms with Crippen molar-refractivity contribution in [1.82, 2.24) is 5.32 Å². The van der Waals surface area contributed by atoms with E-state index in [1.54, 1.807) is 12.1 Å². The molecule has 3 aromatic carbocycles. The predicted octanol–water partition coefficient (Wildman–Crippen LogP) is 6.47. The molecule has 0 saturated carbocycles. The quantitative estimate of drug-likeness (QED) is 0.362. The molecule has 0 bridgehead atoms. The van der Waals surface area contributed by atoms with Gasteiger partial charge in [-0.3, -0.25) is 9.59 Å². The normalized spacial score (nSPS) is 12.0. The first-order chi connectivity index (χ1) is 16.7. The number of carbonyl (C=O) groups is 2. The van der Waals surface area contributed by atoms with Gasteiger partial charge in [-0.15, -0.1) is 0 Å². The van der Waals surface area contributed by atoms with Crippen LogP contribution in [0.1, 0.15) is 68.1 Å². The van der Waals surface area contributed by atoms with Gasteiger partial charge in [0.15, 0.2) is 0 Å². The Labute approximate surface area is 208 Å². The molecule has 0 aliphatic rings. The molecule has 1 atom stereocenters. The lowest BCUT2D eigenvalue weighted by molar-refractivity contribution is -0.140. The third kappa shape index (κ3) is 7.19. The van der Waals surface area contributed by atoms with E-state index in [-0.39, 0.29) is 36.4 Å². The van der Waals surface area contributed by atoms with Crippen LogP contribution < -0.4 is 10.1 Å². The molecule has 1 amide bonds. The zero-order valence-corrected chi connectivity index (χ0v) is 21.3. The molecule has 0 fully saturated rings. The molecular weight excluding hydrogens is 438 g/mol. The predicted molar refractivity (Wildman–Crippen MR) is 140 cm³/mol. The van der Waals surface area contributed by atoms with Crippen molar-refractivity contribution < 1.29 is 19.1 Å². The summed E-state index contributed by atoms with van der Waals surface area (Å²) in [4.78, 5) is 23.5. The zero-order chi connectivity index (χ0) is 25.4. The van der Waals surface area contributed by atoms with Crippen molar-refractivity contribution in [3.05, 3.63) is 89.5 Å². The van der Waals surface area contributed by atoms with E-state index < -0.39 is 0 Å². The highest BCUT2D eigenvalue weighted by molar-refractivity contribution is 5.94. The summed E-state index contributed by atoms with van der Waals surface area (Å²) >= 11 is 0. The summed E-state index contributed by atoms with van der Waals surface area (Å²) in [7, 11) is 1.33. The number of amides is 1. The number of nitrogens with one attached hydrogen (secondary N) is 1. The third-order valence-electron chi connectivity index (χ3n) is 5.97. The van der Waals surface area contributed by atoms with Crippen LogP contribution in [0.25, 0.3) is 11.1 Å². The summed E-state index contributed by atoms with van der Waals surface area (Å²) in [6, 6.07) is 24.2. The van der Waals surface area contributed by atoms with Gasteiger partial charge in [-0.2, -0.15) is 0 Å². The molecule has 0 saturated heterocycles.